The molecule has 2 atom stereocenters. The fraction of sp³-hybridized carbons (Fsp3) is 0.462. The summed E-state index contributed by atoms with van der Waals surface area (Å²) in [5, 5.41) is 1.05. The summed E-state index contributed by atoms with van der Waals surface area (Å²) in [5.41, 5.74) is 6.70. The standard InChI is InChI=1S/C13H16Cl2N2O/c1-8(16)13(18)17-6-2-3-12(17)9-4-5-10(14)11(15)7-9/h4-5,7-8,12H,2-3,6,16H2,1H3. The molecule has 1 heterocycles. The number of nitrogens with zero attached hydrogens (tertiary/aromatic N) is 1. The van der Waals surface area contributed by atoms with Gasteiger partial charge >= 0.3 is 0 Å². The maximum atomic E-state index is 12.0. The van der Waals surface area contributed by atoms with Crippen molar-refractivity contribution in [3.05, 3.63) is 33.8 Å². The summed E-state index contributed by atoms with van der Waals surface area (Å²) in [4.78, 5) is 13.9. The van der Waals surface area contributed by atoms with E-state index in [1.165, 1.54) is 0 Å². The van der Waals surface area contributed by atoms with Crippen molar-refractivity contribution < 1.29 is 4.79 Å². The maximum Gasteiger partial charge on any atom is 0.239 e. The van der Waals surface area contributed by atoms with E-state index < -0.39 is 6.04 Å². The number of hydrogen-bond acceptors (Lipinski definition) is 2. The van der Waals surface area contributed by atoms with Crippen molar-refractivity contribution >= 4 is 29.1 Å². The lowest BCUT2D eigenvalue weighted by Crippen LogP contribution is -2.41. The van der Waals surface area contributed by atoms with E-state index in [2.05, 4.69) is 0 Å². The van der Waals surface area contributed by atoms with E-state index in [1.807, 2.05) is 17.0 Å². The second kappa shape index (κ2) is 5.47. The van der Waals surface area contributed by atoms with Crippen molar-refractivity contribution in [3.63, 3.8) is 0 Å². The zero-order valence-corrected chi connectivity index (χ0v) is 11.7. The molecular formula is C13H16Cl2N2O. The highest BCUT2D eigenvalue weighted by molar-refractivity contribution is 6.42. The number of hydrogen-bond donors (Lipinski definition) is 1. The minimum atomic E-state index is -0.464. The van der Waals surface area contributed by atoms with Crippen molar-refractivity contribution in [2.24, 2.45) is 5.73 Å². The van der Waals surface area contributed by atoms with Crippen molar-refractivity contribution in [2.75, 3.05) is 6.54 Å². The SMILES string of the molecule is CC(N)C(=O)N1CCCC1c1ccc(Cl)c(Cl)c1. The van der Waals surface area contributed by atoms with Gasteiger partial charge in [-0.2, -0.15) is 0 Å². The van der Waals surface area contributed by atoms with Gasteiger partial charge in [-0.15, -0.1) is 0 Å². The fourth-order valence-electron chi connectivity index (χ4n) is 2.36. The lowest BCUT2D eigenvalue weighted by molar-refractivity contribution is -0.133. The van der Waals surface area contributed by atoms with Crippen LogP contribution in [-0.2, 0) is 4.79 Å². The molecule has 1 aliphatic heterocycles. The fourth-order valence-corrected chi connectivity index (χ4v) is 2.66. The molecule has 2 rings (SSSR count). The molecule has 5 heteroatoms. The molecule has 2 unspecified atom stereocenters. The topological polar surface area (TPSA) is 46.3 Å². The van der Waals surface area contributed by atoms with E-state index >= 15 is 0 Å². The van der Waals surface area contributed by atoms with Gasteiger partial charge in [0, 0.05) is 6.54 Å². The van der Waals surface area contributed by atoms with E-state index in [9.17, 15) is 4.79 Å². The summed E-state index contributed by atoms with van der Waals surface area (Å²) in [6.45, 7) is 2.47. The molecule has 0 saturated carbocycles. The molecule has 0 radical (unpaired) electrons. The second-order valence-electron chi connectivity index (χ2n) is 4.65. The van der Waals surface area contributed by atoms with Gasteiger partial charge in [-0.3, -0.25) is 4.79 Å². The molecule has 1 aromatic carbocycles. The Labute approximate surface area is 117 Å². The van der Waals surface area contributed by atoms with Crippen LogP contribution in [0.1, 0.15) is 31.4 Å². The van der Waals surface area contributed by atoms with Crippen molar-refractivity contribution in [1.82, 2.24) is 4.90 Å². The third kappa shape index (κ3) is 2.63. The highest BCUT2D eigenvalue weighted by Gasteiger charge is 2.31. The molecule has 1 aromatic rings. The summed E-state index contributed by atoms with van der Waals surface area (Å²) in [6, 6.07) is 5.13. The first kappa shape index (κ1) is 13.7. The van der Waals surface area contributed by atoms with Crippen molar-refractivity contribution in [2.45, 2.75) is 31.8 Å². The normalized spacial score (nSPS) is 21.1. The molecule has 1 amide bonds. The molecule has 0 bridgehead atoms. The summed E-state index contributed by atoms with van der Waals surface area (Å²) in [7, 11) is 0. The molecule has 18 heavy (non-hydrogen) atoms. The highest BCUT2D eigenvalue weighted by atomic mass is 35.5. The van der Waals surface area contributed by atoms with E-state index in [4.69, 9.17) is 28.9 Å². The molecule has 0 spiro atoms. The number of carbonyl (C=O) groups excluding carboxylic acids is 1. The first-order valence-corrected chi connectivity index (χ1v) is 6.77. The van der Waals surface area contributed by atoms with Gasteiger partial charge in [0.2, 0.25) is 5.91 Å². The Kier molecular flexibility index (Phi) is 4.15. The van der Waals surface area contributed by atoms with Crippen molar-refractivity contribution in [1.29, 1.82) is 0 Å². The number of rotatable bonds is 2. The average Bonchev–Trinajstić information content (AvgIpc) is 2.80. The first-order valence-electron chi connectivity index (χ1n) is 6.01. The summed E-state index contributed by atoms with van der Waals surface area (Å²) < 4.78 is 0. The molecule has 0 aliphatic carbocycles. The lowest BCUT2D eigenvalue weighted by Gasteiger charge is -2.26. The maximum absolute atomic E-state index is 12.0. The van der Waals surface area contributed by atoms with E-state index in [0.29, 0.717) is 10.0 Å². The molecular weight excluding hydrogens is 271 g/mol. The second-order valence-corrected chi connectivity index (χ2v) is 5.47. The molecule has 0 aromatic heterocycles. The van der Waals surface area contributed by atoms with Crippen LogP contribution in [0, 0.1) is 0 Å². The van der Waals surface area contributed by atoms with Crippen LogP contribution in [0.5, 0.6) is 0 Å². The van der Waals surface area contributed by atoms with Gasteiger partial charge in [0.1, 0.15) is 0 Å². The van der Waals surface area contributed by atoms with Gasteiger partial charge in [-0.05, 0) is 37.5 Å². The largest absolute Gasteiger partial charge is 0.334 e. The summed E-state index contributed by atoms with van der Waals surface area (Å²) in [5.74, 6) is -0.0106. The van der Waals surface area contributed by atoms with Crippen LogP contribution < -0.4 is 5.73 Å². The molecule has 2 N–H and O–H groups in total. The van der Waals surface area contributed by atoms with Crippen LogP contribution in [0.2, 0.25) is 10.0 Å². The van der Waals surface area contributed by atoms with Crippen LogP contribution in [-0.4, -0.2) is 23.4 Å². The van der Waals surface area contributed by atoms with E-state index in [1.54, 1.807) is 13.0 Å². The minimum Gasteiger partial charge on any atom is -0.334 e. The Morgan fingerprint density at radius 3 is 2.78 bits per heavy atom. The minimum absolute atomic E-state index is 0.0106. The summed E-state index contributed by atoms with van der Waals surface area (Å²) >= 11 is 11.9. The van der Waals surface area contributed by atoms with Gasteiger partial charge in [-0.1, -0.05) is 29.3 Å². The number of halogens is 2. The van der Waals surface area contributed by atoms with E-state index in [-0.39, 0.29) is 11.9 Å². The Morgan fingerprint density at radius 1 is 1.44 bits per heavy atom. The predicted molar refractivity (Wildman–Crippen MR) is 73.8 cm³/mol. The van der Waals surface area contributed by atoms with Crippen LogP contribution in [0.3, 0.4) is 0 Å². The van der Waals surface area contributed by atoms with Gasteiger partial charge in [-0.25, -0.2) is 0 Å². The third-order valence-electron chi connectivity index (χ3n) is 3.25. The number of carbonyl (C=O) groups is 1. The number of likely N-dealkylation sites (tertiary alicyclic amines) is 1. The first-order chi connectivity index (χ1) is 8.50. The zero-order valence-electron chi connectivity index (χ0n) is 10.2. The monoisotopic (exact) mass is 286 g/mol. The molecule has 98 valence electrons. The quantitative estimate of drug-likeness (QED) is 0.908. The molecule has 1 fully saturated rings. The van der Waals surface area contributed by atoms with Gasteiger partial charge in [0.25, 0.3) is 0 Å². The average molecular weight is 287 g/mol. The Bertz CT molecular complexity index is 462. The molecule has 1 saturated heterocycles. The molecule has 3 nitrogen and oxygen atoms in total. The van der Waals surface area contributed by atoms with Crippen molar-refractivity contribution in [3.8, 4) is 0 Å². The van der Waals surface area contributed by atoms with Gasteiger partial charge in [0.15, 0.2) is 0 Å². The van der Waals surface area contributed by atoms with Crippen LogP contribution >= 0.6 is 23.2 Å². The van der Waals surface area contributed by atoms with Crippen LogP contribution in [0.25, 0.3) is 0 Å². The highest BCUT2D eigenvalue weighted by Crippen LogP contribution is 2.35. The number of amides is 1. The zero-order chi connectivity index (χ0) is 13.3. The predicted octanol–water partition coefficient (Wildman–Crippen LogP) is 3.00. The van der Waals surface area contributed by atoms with Gasteiger partial charge < -0.3 is 10.6 Å². The van der Waals surface area contributed by atoms with Crippen LogP contribution in [0.15, 0.2) is 18.2 Å². The Morgan fingerprint density at radius 2 is 2.17 bits per heavy atom. The summed E-state index contributed by atoms with van der Waals surface area (Å²) in [6.07, 6.45) is 1.93. The smallest absolute Gasteiger partial charge is 0.239 e. The number of nitrogens with two attached hydrogens (primary N) is 1. The third-order valence-corrected chi connectivity index (χ3v) is 3.99. The van der Waals surface area contributed by atoms with Gasteiger partial charge in [0.05, 0.1) is 22.1 Å². The van der Waals surface area contributed by atoms with Crippen LogP contribution in [0.4, 0.5) is 0 Å². The molecule has 1 aliphatic rings. The lowest BCUT2D eigenvalue weighted by atomic mass is 10.0. The number of benzene rings is 1. The Balaban J connectivity index is 2.26. The Hall–Kier alpha value is -0.770. The van der Waals surface area contributed by atoms with E-state index in [0.717, 1.165) is 24.9 Å².